The van der Waals surface area contributed by atoms with E-state index in [1.54, 1.807) is 18.5 Å². The smallest absolute Gasteiger partial charge is 0.270 e. The Morgan fingerprint density at radius 1 is 1.25 bits per heavy atom. The Balaban J connectivity index is 2.16. The van der Waals surface area contributed by atoms with Gasteiger partial charge in [-0.15, -0.1) is 0 Å². The van der Waals surface area contributed by atoms with Crippen LogP contribution in [0.5, 0.6) is 0 Å². The molecule has 2 aromatic heterocycles. The van der Waals surface area contributed by atoms with Gasteiger partial charge in [0.2, 0.25) is 0 Å². The van der Waals surface area contributed by atoms with Gasteiger partial charge < -0.3 is 0 Å². The van der Waals surface area contributed by atoms with Gasteiger partial charge in [-0.2, -0.15) is 5.10 Å². The molecule has 0 N–H and O–H groups in total. The SMILES string of the molecule is CCn1nccc1-c1ccc2cnc(C(=O)Cl)cc2c1. The third-order valence-corrected chi connectivity index (χ3v) is 3.43. The normalized spacial score (nSPS) is 10.9. The van der Waals surface area contributed by atoms with E-state index >= 15 is 0 Å². The van der Waals surface area contributed by atoms with Crippen LogP contribution in [0.15, 0.2) is 42.7 Å². The van der Waals surface area contributed by atoms with Crippen molar-refractivity contribution in [2.24, 2.45) is 0 Å². The van der Waals surface area contributed by atoms with Crippen molar-refractivity contribution in [2.75, 3.05) is 0 Å². The van der Waals surface area contributed by atoms with E-state index in [1.807, 2.05) is 35.9 Å². The van der Waals surface area contributed by atoms with Gasteiger partial charge in [0.1, 0.15) is 5.69 Å². The zero-order valence-electron chi connectivity index (χ0n) is 10.9. The predicted octanol–water partition coefficient (Wildman–Crippen LogP) is 3.50. The average molecular weight is 286 g/mol. The second-order valence-corrected chi connectivity index (χ2v) is 4.78. The number of halogens is 1. The number of aromatic nitrogens is 3. The lowest BCUT2D eigenvalue weighted by Crippen LogP contribution is -1.98. The Morgan fingerprint density at radius 2 is 2.10 bits per heavy atom. The fourth-order valence-corrected chi connectivity index (χ4v) is 2.34. The minimum atomic E-state index is -0.545. The first-order valence-electron chi connectivity index (χ1n) is 6.31. The third-order valence-electron chi connectivity index (χ3n) is 3.23. The molecule has 0 aliphatic heterocycles. The molecule has 3 rings (SSSR count). The van der Waals surface area contributed by atoms with Crippen molar-refractivity contribution in [1.29, 1.82) is 0 Å². The molecule has 2 heterocycles. The molecule has 0 unspecified atom stereocenters. The van der Waals surface area contributed by atoms with E-state index in [2.05, 4.69) is 10.1 Å². The zero-order valence-corrected chi connectivity index (χ0v) is 11.6. The Morgan fingerprint density at radius 3 is 2.85 bits per heavy atom. The molecule has 20 heavy (non-hydrogen) atoms. The number of rotatable bonds is 3. The van der Waals surface area contributed by atoms with Crippen molar-refractivity contribution in [1.82, 2.24) is 14.8 Å². The summed E-state index contributed by atoms with van der Waals surface area (Å²) in [5.41, 5.74) is 2.36. The minimum absolute atomic E-state index is 0.264. The highest BCUT2D eigenvalue weighted by molar-refractivity contribution is 6.67. The number of fused-ring (bicyclic) bond motifs is 1. The van der Waals surface area contributed by atoms with Crippen LogP contribution >= 0.6 is 11.6 Å². The molecule has 0 radical (unpaired) electrons. The number of hydrogen-bond acceptors (Lipinski definition) is 3. The van der Waals surface area contributed by atoms with Crippen molar-refractivity contribution in [3.05, 3.63) is 48.4 Å². The summed E-state index contributed by atoms with van der Waals surface area (Å²) in [5, 5.41) is 5.63. The van der Waals surface area contributed by atoms with Gasteiger partial charge in [-0.25, -0.2) is 0 Å². The van der Waals surface area contributed by atoms with Crippen LogP contribution in [0.2, 0.25) is 0 Å². The molecule has 0 bridgehead atoms. The fraction of sp³-hybridized carbons (Fsp3) is 0.133. The average Bonchev–Trinajstić information content (AvgIpc) is 2.94. The van der Waals surface area contributed by atoms with E-state index < -0.39 is 5.24 Å². The van der Waals surface area contributed by atoms with Crippen LogP contribution in [0.25, 0.3) is 22.0 Å². The van der Waals surface area contributed by atoms with Gasteiger partial charge in [-0.1, -0.05) is 12.1 Å². The number of carbonyl (C=O) groups excluding carboxylic acids is 1. The van der Waals surface area contributed by atoms with E-state index in [9.17, 15) is 4.79 Å². The van der Waals surface area contributed by atoms with Crippen molar-refractivity contribution in [3.8, 4) is 11.3 Å². The molecule has 4 nitrogen and oxygen atoms in total. The molecular weight excluding hydrogens is 274 g/mol. The van der Waals surface area contributed by atoms with E-state index in [4.69, 9.17) is 11.6 Å². The van der Waals surface area contributed by atoms with Crippen LogP contribution in [0.3, 0.4) is 0 Å². The van der Waals surface area contributed by atoms with Gasteiger partial charge in [-0.3, -0.25) is 14.5 Å². The maximum Gasteiger partial charge on any atom is 0.270 e. The summed E-state index contributed by atoms with van der Waals surface area (Å²) in [6, 6.07) is 9.70. The van der Waals surface area contributed by atoms with Crippen LogP contribution in [-0.4, -0.2) is 20.0 Å². The first kappa shape index (κ1) is 12.8. The van der Waals surface area contributed by atoms with Crippen LogP contribution in [0.4, 0.5) is 0 Å². The molecule has 0 aliphatic carbocycles. The van der Waals surface area contributed by atoms with Gasteiger partial charge in [0, 0.05) is 29.9 Å². The lowest BCUT2D eigenvalue weighted by molar-refractivity contribution is 0.107. The number of hydrogen-bond donors (Lipinski definition) is 0. The maximum atomic E-state index is 11.2. The highest BCUT2D eigenvalue weighted by atomic mass is 35.5. The van der Waals surface area contributed by atoms with Gasteiger partial charge >= 0.3 is 0 Å². The molecule has 0 saturated carbocycles. The summed E-state index contributed by atoms with van der Waals surface area (Å²) >= 11 is 5.48. The van der Waals surface area contributed by atoms with E-state index in [-0.39, 0.29) is 5.69 Å². The summed E-state index contributed by atoms with van der Waals surface area (Å²) < 4.78 is 1.93. The van der Waals surface area contributed by atoms with E-state index in [0.717, 1.165) is 28.6 Å². The molecule has 0 spiro atoms. The fourth-order valence-electron chi connectivity index (χ4n) is 2.24. The molecule has 5 heteroatoms. The largest absolute Gasteiger partial charge is 0.274 e. The van der Waals surface area contributed by atoms with Crippen molar-refractivity contribution in [2.45, 2.75) is 13.5 Å². The Labute approximate surface area is 121 Å². The van der Waals surface area contributed by atoms with E-state index in [1.165, 1.54) is 0 Å². The highest BCUT2D eigenvalue weighted by Crippen LogP contribution is 2.24. The first-order chi connectivity index (χ1) is 9.69. The summed E-state index contributed by atoms with van der Waals surface area (Å²) in [4.78, 5) is 15.2. The van der Waals surface area contributed by atoms with Gasteiger partial charge in [0.05, 0.1) is 5.69 Å². The van der Waals surface area contributed by atoms with Crippen LogP contribution in [0.1, 0.15) is 17.4 Å². The summed E-state index contributed by atoms with van der Waals surface area (Å²) in [6.07, 6.45) is 3.44. The molecule has 3 aromatic rings. The molecule has 0 aliphatic rings. The summed E-state index contributed by atoms with van der Waals surface area (Å²) in [5.74, 6) is 0. The number of carbonyl (C=O) groups is 1. The summed E-state index contributed by atoms with van der Waals surface area (Å²) in [7, 11) is 0. The standard InChI is InChI=1S/C15H12ClN3O/c1-2-19-14(5-6-18-19)10-3-4-11-9-17-13(15(16)20)8-12(11)7-10/h3-9H,2H2,1H3. The molecule has 0 saturated heterocycles. The second-order valence-electron chi connectivity index (χ2n) is 4.44. The minimum Gasteiger partial charge on any atom is -0.274 e. The molecule has 1 aromatic carbocycles. The quantitative estimate of drug-likeness (QED) is 0.692. The molecule has 0 fully saturated rings. The lowest BCUT2D eigenvalue weighted by Gasteiger charge is -2.06. The van der Waals surface area contributed by atoms with Crippen LogP contribution in [0, 0.1) is 0 Å². The predicted molar refractivity (Wildman–Crippen MR) is 78.8 cm³/mol. The van der Waals surface area contributed by atoms with Gasteiger partial charge in [-0.05, 0) is 42.1 Å². The summed E-state index contributed by atoms with van der Waals surface area (Å²) in [6.45, 7) is 2.86. The van der Waals surface area contributed by atoms with Crippen molar-refractivity contribution in [3.63, 3.8) is 0 Å². The Bertz CT molecular complexity index is 795. The van der Waals surface area contributed by atoms with Crippen molar-refractivity contribution >= 4 is 27.6 Å². The molecule has 0 atom stereocenters. The first-order valence-corrected chi connectivity index (χ1v) is 6.68. The topological polar surface area (TPSA) is 47.8 Å². The molecular formula is C15H12ClN3O. The Kier molecular flexibility index (Phi) is 3.24. The monoisotopic (exact) mass is 285 g/mol. The molecule has 100 valence electrons. The highest BCUT2D eigenvalue weighted by Gasteiger charge is 2.08. The number of benzene rings is 1. The van der Waals surface area contributed by atoms with Crippen LogP contribution < -0.4 is 0 Å². The maximum absolute atomic E-state index is 11.2. The van der Waals surface area contributed by atoms with Crippen LogP contribution in [-0.2, 0) is 6.54 Å². The Hall–Kier alpha value is -2.20. The molecule has 0 amide bonds. The number of nitrogens with zero attached hydrogens (tertiary/aromatic N) is 3. The zero-order chi connectivity index (χ0) is 14.1. The van der Waals surface area contributed by atoms with Crippen molar-refractivity contribution < 1.29 is 4.79 Å². The number of aryl methyl sites for hydroxylation is 1. The van der Waals surface area contributed by atoms with Gasteiger partial charge in [0.15, 0.2) is 0 Å². The van der Waals surface area contributed by atoms with E-state index in [0.29, 0.717) is 0 Å². The van der Waals surface area contributed by atoms with Gasteiger partial charge in [0.25, 0.3) is 5.24 Å². The second kappa shape index (κ2) is 5.06. The third kappa shape index (κ3) is 2.18. The lowest BCUT2D eigenvalue weighted by atomic mass is 10.1. The number of pyridine rings is 1.